The van der Waals surface area contributed by atoms with Gasteiger partial charge in [-0.25, -0.2) is 0 Å². The summed E-state index contributed by atoms with van der Waals surface area (Å²) in [5, 5.41) is 22.7. The number of carbonyl (C=O) groups is 1. The molecule has 4 saturated carbocycles. The minimum Gasteiger partial charge on any atom is -0.393 e. The van der Waals surface area contributed by atoms with E-state index in [4.69, 9.17) is 4.74 Å². The Morgan fingerprint density at radius 3 is 2.44 bits per heavy atom. The fourth-order valence-corrected chi connectivity index (χ4v) is 9.29. The monoisotopic (exact) mass is 446 g/mol. The van der Waals surface area contributed by atoms with E-state index in [-0.39, 0.29) is 35.2 Å². The summed E-state index contributed by atoms with van der Waals surface area (Å²) in [5.74, 6) is 2.67. The Labute approximate surface area is 194 Å². The van der Waals surface area contributed by atoms with Gasteiger partial charge < -0.3 is 14.9 Å². The van der Waals surface area contributed by atoms with Crippen LogP contribution in [0.25, 0.3) is 0 Å². The van der Waals surface area contributed by atoms with Crippen LogP contribution in [-0.2, 0) is 9.53 Å². The molecule has 4 aliphatic carbocycles. The van der Waals surface area contributed by atoms with Crippen LogP contribution in [0.2, 0.25) is 0 Å². The first kappa shape index (κ1) is 23.3. The summed E-state index contributed by atoms with van der Waals surface area (Å²) in [7, 11) is 0. The molecule has 0 radical (unpaired) electrons. The lowest BCUT2D eigenvalue weighted by Crippen LogP contribution is -2.71. The maximum absolute atomic E-state index is 14.2. The van der Waals surface area contributed by atoms with Crippen LogP contribution in [0.4, 0.5) is 0 Å². The van der Waals surface area contributed by atoms with Crippen molar-refractivity contribution >= 4 is 5.78 Å². The second-order valence-electron chi connectivity index (χ2n) is 13.5. The van der Waals surface area contributed by atoms with Crippen molar-refractivity contribution in [1.29, 1.82) is 0 Å². The van der Waals surface area contributed by atoms with Gasteiger partial charge in [-0.15, -0.1) is 0 Å². The zero-order valence-electron chi connectivity index (χ0n) is 21.2. The Bertz CT molecular complexity index is 779. The molecule has 4 heteroatoms. The quantitative estimate of drug-likeness (QED) is 0.574. The van der Waals surface area contributed by atoms with Crippen LogP contribution in [0, 0.1) is 46.3 Å². The molecule has 182 valence electrons. The molecule has 1 heterocycles. The van der Waals surface area contributed by atoms with Crippen molar-refractivity contribution in [3.63, 3.8) is 0 Å². The SMILES string of the molecule is CC(C)[C@@H](C)CC[C@@H](C)[C@H]1CC[C@@H]2[C@]1(C)CC[C@@H]1[C@@H]3O[C@@]34C[C@@H](O)CC[C@]4(C)C(=O)[C@@]12O. The summed E-state index contributed by atoms with van der Waals surface area (Å²) in [6.45, 7) is 13.8. The predicted molar refractivity (Wildman–Crippen MR) is 125 cm³/mol. The van der Waals surface area contributed by atoms with Gasteiger partial charge in [-0.2, -0.15) is 0 Å². The van der Waals surface area contributed by atoms with Gasteiger partial charge in [0.05, 0.1) is 17.6 Å². The number of ketones is 1. The molecule has 0 bridgehead atoms. The van der Waals surface area contributed by atoms with Crippen LogP contribution < -0.4 is 0 Å². The highest BCUT2D eigenvalue weighted by Gasteiger charge is 2.83. The number of fused-ring (bicyclic) bond motifs is 4. The minimum atomic E-state index is -1.26. The van der Waals surface area contributed by atoms with E-state index in [1.165, 1.54) is 12.8 Å². The van der Waals surface area contributed by atoms with E-state index in [0.717, 1.165) is 37.5 Å². The Balaban J connectivity index is 1.41. The van der Waals surface area contributed by atoms with Crippen LogP contribution in [0.5, 0.6) is 0 Å². The van der Waals surface area contributed by atoms with Crippen LogP contribution >= 0.6 is 0 Å². The number of aliphatic hydroxyl groups is 2. The normalized spacial score (nSPS) is 53.8. The van der Waals surface area contributed by atoms with Crippen molar-refractivity contribution in [2.24, 2.45) is 46.3 Å². The summed E-state index contributed by atoms with van der Waals surface area (Å²) in [6.07, 6.45) is 7.95. The number of Topliss-reactive ketones (excluding diaryl/α,β-unsaturated/α-hetero) is 1. The molecule has 5 aliphatic rings. The minimum absolute atomic E-state index is 0.0286. The molecule has 1 spiro atoms. The van der Waals surface area contributed by atoms with Crippen molar-refractivity contribution in [2.75, 3.05) is 0 Å². The summed E-state index contributed by atoms with van der Waals surface area (Å²) in [4.78, 5) is 14.2. The van der Waals surface area contributed by atoms with Gasteiger partial charge in [0.15, 0.2) is 5.78 Å². The smallest absolute Gasteiger partial charge is 0.173 e. The molecular weight excluding hydrogens is 400 g/mol. The van der Waals surface area contributed by atoms with Crippen molar-refractivity contribution < 1.29 is 19.7 Å². The molecule has 5 rings (SSSR count). The molecular formula is C28H46O4. The second-order valence-corrected chi connectivity index (χ2v) is 13.5. The van der Waals surface area contributed by atoms with Crippen LogP contribution in [0.15, 0.2) is 0 Å². The molecule has 0 aromatic rings. The highest BCUT2D eigenvalue weighted by Crippen LogP contribution is 2.73. The number of carbonyl (C=O) groups excluding carboxylic acids is 1. The molecule has 0 unspecified atom stereocenters. The Morgan fingerprint density at radius 2 is 1.75 bits per heavy atom. The molecule has 0 aromatic carbocycles. The van der Waals surface area contributed by atoms with Crippen LogP contribution in [-0.4, -0.2) is 39.4 Å². The van der Waals surface area contributed by atoms with Gasteiger partial charge in [-0.3, -0.25) is 4.79 Å². The lowest BCUT2D eigenvalue weighted by molar-refractivity contribution is -0.196. The molecule has 0 aromatic heterocycles. The molecule has 5 fully saturated rings. The van der Waals surface area contributed by atoms with E-state index in [1.807, 2.05) is 6.92 Å². The first-order valence-corrected chi connectivity index (χ1v) is 13.5. The first-order chi connectivity index (χ1) is 14.9. The number of hydrogen-bond donors (Lipinski definition) is 2. The average Bonchev–Trinajstić information content (AvgIpc) is 3.32. The fourth-order valence-electron chi connectivity index (χ4n) is 9.29. The van der Waals surface area contributed by atoms with Gasteiger partial charge in [0.25, 0.3) is 0 Å². The van der Waals surface area contributed by atoms with E-state index in [9.17, 15) is 15.0 Å². The standard InChI is InChI=1S/C28H46O4/c1-16(2)17(3)7-8-18(4)20-9-10-22-25(20,5)13-12-21-23-27(32-23)15-19(29)11-14-26(27,6)24(30)28(21,22)31/h16-23,29,31H,7-15H2,1-6H3/t17-,18+,19-,20+,21+,22+,23-,25+,26+,27-,28+/m0/s1. The zero-order chi connectivity index (χ0) is 23.3. The Kier molecular flexibility index (Phi) is 5.30. The van der Waals surface area contributed by atoms with Crippen molar-refractivity contribution in [1.82, 2.24) is 0 Å². The summed E-state index contributed by atoms with van der Waals surface area (Å²) < 4.78 is 6.35. The summed E-state index contributed by atoms with van der Waals surface area (Å²) in [6, 6.07) is 0. The highest BCUT2D eigenvalue weighted by molar-refractivity contribution is 5.96. The molecule has 11 atom stereocenters. The second kappa shape index (κ2) is 7.28. The molecule has 2 N–H and O–H groups in total. The average molecular weight is 447 g/mol. The number of ether oxygens (including phenoxy) is 1. The number of hydrogen-bond acceptors (Lipinski definition) is 4. The molecule has 0 amide bonds. The molecule has 1 saturated heterocycles. The van der Waals surface area contributed by atoms with Crippen molar-refractivity contribution in [3.05, 3.63) is 0 Å². The largest absolute Gasteiger partial charge is 0.393 e. The van der Waals surface area contributed by atoms with Gasteiger partial charge >= 0.3 is 0 Å². The summed E-state index contributed by atoms with van der Waals surface area (Å²) >= 11 is 0. The Morgan fingerprint density at radius 1 is 1.03 bits per heavy atom. The van der Waals surface area contributed by atoms with E-state index in [1.54, 1.807) is 0 Å². The van der Waals surface area contributed by atoms with Gasteiger partial charge in [-0.1, -0.05) is 47.5 Å². The number of rotatable bonds is 5. The predicted octanol–water partition coefficient (Wildman–Crippen LogP) is 5.14. The Hall–Kier alpha value is -0.450. The van der Waals surface area contributed by atoms with Crippen LogP contribution in [0.1, 0.15) is 99.3 Å². The third kappa shape index (κ3) is 2.81. The topological polar surface area (TPSA) is 70.1 Å². The zero-order valence-corrected chi connectivity index (χ0v) is 21.2. The van der Waals surface area contributed by atoms with Gasteiger partial charge in [0.1, 0.15) is 11.2 Å². The fraction of sp³-hybridized carbons (Fsp3) is 0.964. The highest BCUT2D eigenvalue weighted by atomic mass is 16.6. The van der Waals surface area contributed by atoms with Gasteiger partial charge in [0.2, 0.25) is 0 Å². The maximum atomic E-state index is 14.2. The molecule has 1 aliphatic heterocycles. The van der Waals surface area contributed by atoms with Crippen LogP contribution in [0.3, 0.4) is 0 Å². The number of epoxide rings is 1. The molecule has 4 nitrogen and oxygen atoms in total. The maximum Gasteiger partial charge on any atom is 0.173 e. The first-order valence-electron chi connectivity index (χ1n) is 13.5. The van der Waals surface area contributed by atoms with Gasteiger partial charge in [0, 0.05) is 18.3 Å². The summed E-state index contributed by atoms with van der Waals surface area (Å²) in [5.41, 5.74) is -2.41. The third-order valence-electron chi connectivity index (χ3n) is 11.8. The lowest BCUT2D eigenvalue weighted by atomic mass is 9.44. The van der Waals surface area contributed by atoms with E-state index < -0.39 is 16.6 Å². The van der Waals surface area contributed by atoms with E-state index in [0.29, 0.717) is 31.1 Å². The third-order valence-corrected chi connectivity index (χ3v) is 11.8. The van der Waals surface area contributed by atoms with Gasteiger partial charge in [-0.05, 0) is 74.5 Å². The molecule has 32 heavy (non-hydrogen) atoms. The van der Waals surface area contributed by atoms with E-state index in [2.05, 4.69) is 34.6 Å². The van der Waals surface area contributed by atoms with Crippen molar-refractivity contribution in [3.8, 4) is 0 Å². The lowest BCUT2D eigenvalue weighted by Gasteiger charge is -2.59. The van der Waals surface area contributed by atoms with E-state index >= 15 is 0 Å². The van der Waals surface area contributed by atoms with Crippen molar-refractivity contribution in [2.45, 2.75) is 123 Å². The number of aliphatic hydroxyl groups excluding tert-OH is 1.